The molecule has 86 valence electrons. The van der Waals surface area contributed by atoms with Gasteiger partial charge >= 0.3 is 5.97 Å². The Hall–Kier alpha value is -2.15. The van der Waals surface area contributed by atoms with Crippen LogP contribution >= 0.6 is 11.3 Å². The zero-order chi connectivity index (χ0) is 12.0. The van der Waals surface area contributed by atoms with Gasteiger partial charge in [0.15, 0.2) is 10.7 Å². The molecule has 0 bridgehead atoms. The van der Waals surface area contributed by atoms with E-state index in [-0.39, 0.29) is 5.69 Å². The number of fused-ring (bicyclic) bond motifs is 1. The Morgan fingerprint density at radius 3 is 3.00 bits per heavy atom. The molecule has 17 heavy (non-hydrogen) atoms. The van der Waals surface area contributed by atoms with Crippen molar-refractivity contribution in [2.75, 3.05) is 0 Å². The van der Waals surface area contributed by atoms with E-state index >= 15 is 0 Å². The van der Waals surface area contributed by atoms with Crippen LogP contribution in [0, 0.1) is 0 Å². The average molecular weight is 248 g/mol. The molecule has 0 spiro atoms. The molecule has 0 aliphatic heterocycles. The summed E-state index contributed by atoms with van der Waals surface area (Å²) in [5.41, 5.74) is 1.31. The molecular formula is C10H8N4O2S. The second-order valence-electron chi connectivity index (χ2n) is 3.51. The number of thiazole rings is 1. The topological polar surface area (TPSA) is 72.4 Å². The quantitative estimate of drug-likeness (QED) is 0.745. The number of aryl methyl sites for hydroxylation is 1. The summed E-state index contributed by atoms with van der Waals surface area (Å²) in [5.74, 6) is -0.993. The number of imidazole rings is 1. The van der Waals surface area contributed by atoms with Gasteiger partial charge in [0.1, 0.15) is 5.69 Å². The van der Waals surface area contributed by atoms with Gasteiger partial charge in [-0.2, -0.15) is 5.10 Å². The standard InChI is InChI=1S/C10H8N4O2S/c1-13-6(2-3-11-13)7-8(9(15)16)14-4-5-17-10(14)12-7/h2-5H,1H3,(H,15,16). The van der Waals surface area contributed by atoms with Crippen molar-refractivity contribution in [1.82, 2.24) is 19.2 Å². The number of rotatable bonds is 2. The third-order valence-electron chi connectivity index (χ3n) is 2.53. The van der Waals surface area contributed by atoms with Crippen LogP contribution in [-0.4, -0.2) is 30.2 Å². The van der Waals surface area contributed by atoms with E-state index in [2.05, 4.69) is 10.1 Å². The second kappa shape index (κ2) is 3.42. The molecule has 3 heterocycles. The van der Waals surface area contributed by atoms with Gasteiger partial charge in [-0.25, -0.2) is 9.78 Å². The molecule has 0 aliphatic rings. The van der Waals surface area contributed by atoms with Gasteiger partial charge in [0, 0.05) is 24.8 Å². The maximum atomic E-state index is 11.3. The van der Waals surface area contributed by atoms with Crippen LogP contribution in [-0.2, 0) is 7.05 Å². The van der Waals surface area contributed by atoms with Crippen molar-refractivity contribution in [1.29, 1.82) is 0 Å². The number of carboxylic acids is 1. The molecule has 0 atom stereocenters. The Morgan fingerprint density at radius 2 is 2.35 bits per heavy atom. The van der Waals surface area contributed by atoms with Crippen LogP contribution in [0.2, 0.25) is 0 Å². The summed E-state index contributed by atoms with van der Waals surface area (Å²) in [4.78, 5) is 16.3. The summed E-state index contributed by atoms with van der Waals surface area (Å²) >= 11 is 1.40. The number of hydrogen-bond acceptors (Lipinski definition) is 4. The molecule has 0 fully saturated rings. The Bertz CT molecular complexity index is 709. The Morgan fingerprint density at radius 1 is 1.53 bits per heavy atom. The van der Waals surface area contributed by atoms with Gasteiger partial charge in [0.25, 0.3) is 0 Å². The first-order valence-corrected chi connectivity index (χ1v) is 5.73. The molecule has 0 saturated carbocycles. The summed E-state index contributed by atoms with van der Waals surface area (Å²) < 4.78 is 3.19. The highest BCUT2D eigenvalue weighted by Gasteiger charge is 2.22. The van der Waals surface area contributed by atoms with Crippen LogP contribution in [0.25, 0.3) is 16.3 Å². The van der Waals surface area contributed by atoms with Gasteiger partial charge < -0.3 is 5.11 Å². The highest BCUT2D eigenvalue weighted by Crippen LogP contribution is 2.25. The number of aromatic nitrogens is 4. The van der Waals surface area contributed by atoms with Crippen molar-refractivity contribution < 1.29 is 9.90 Å². The van der Waals surface area contributed by atoms with Gasteiger partial charge in [0.2, 0.25) is 0 Å². The van der Waals surface area contributed by atoms with E-state index in [4.69, 9.17) is 0 Å². The lowest BCUT2D eigenvalue weighted by Gasteiger charge is -1.99. The molecule has 0 radical (unpaired) electrons. The van der Waals surface area contributed by atoms with Crippen LogP contribution < -0.4 is 0 Å². The summed E-state index contributed by atoms with van der Waals surface area (Å²) in [6, 6.07) is 1.75. The maximum absolute atomic E-state index is 11.3. The van der Waals surface area contributed by atoms with Crippen molar-refractivity contribution in [2.24, 2.45) is 7.05 Å². The van der Waals surface area contributed by atoms with Crippen molar-refractivity contribution in [3.8, 4) is 11.4 Å². The lowest BCUT2D eigenvalue weighted by Crippen LogP contribution is -2.04. The molecule has 0 aliphatic carbocycles. The summed E-state index contributed by atoms with van der Waals surface area (Å²) in [6.45, 7) is 0. The monoisotopic (exact) mass is 248 g/mol. The summed E-state index contributed by atoms with van der Waals surface area (Å²) in [6.07, 6.45) is 3.32. The first kappa shape index (κ1) is 10.0. The van der Waals surface area contributed by atoms with E-state index in [9.17, 15) is 9.90 Å². The number of hydrogen-bond donors (Lipinski definition) is 1. The Balaban J connectivity index is 2.36. The molecule has 6 nitrogen and oxygen atoms in total. The molecule has 0 saturated heterocycles. The number of aromatic carboxylic acids is 1. The fraction of sp³-hybridized carbons (Fsp3) is 0.100. The minimum Gasteiger partial charge on any atom is -0.476 e. The summed E-state index contributed by atoms with van der Waals surface area (Å²) in [5, 5.41) is 15.1. The smallest absolute Gasteiger partial charge is 0.355 e. The van der Waals surface area contributed by atoms with Crippen molar-refractivity contribution in [3.05, 3.63) is 29.5 Å². The van der Waals surface area contributed by atoms with Crippen LogP contribution in [0.15, 0.2) is 23.8 Å². The van der Waals surface area contributed by atoms with Crippen LogP contribution in [0.1, 0.15) is 10.5 Å². The highest BCUT2D eigenvalue weighted by molar-refractivity contribution is 7.15. The van der Waals surface area contributed by atoms with Gasteiger partial charge in [-0.15, -0.1) is 11.3 Å². The first-order chi connectivity index (χ1) is 8.18. The highest BCUT2D eigenvalue weighted by atomic mass is 32.1. The van der Waals surface area contributed by atoms with Crippen molar-refractivity contribution in [2.45, 2.75) is 0 Å². The van der Waals surface area contributed by atoms with Gasteiger partial charge in [-0.1, -0.05) is 0 Å². The number of carboxylic acid groups (broad SMARTS) is 1. The normalized spacial score (nSPS) is 11.1. The molecule has 1 N–H and O–H groups in total. The zero-order valence-electron chi connectivity index (χ0n) is 8.86. The fourth-order valence-corrected chi connectivity index (χ4v) is 2.49. The Kier molecular flexibility index (Phi) is 2.02. The SMILES string of the molecule is Cn1nccc1-c1nc2sccn2c1C(=O)O. The van der Waals surface area contributed by atoms with E-state index in [1.165, 1.54) is 11.3 Å². The minimum atomic E-state index is -0.993. The number of nitrogens with zero attached hydrogens (tertiary/aromatic N) is 4. The molecule has 7 heteroatoms. The second-order valence-corrected chi connectivity index (χ2v) is 4.38. The molecule has 0 unspecified atom stereocenters. The Labute approximate surface area is 99.8 Å². The lowest BCUT2D eigenvalue weighted by molar-refractivity contribution is 0.0690. The average Bonchev–Trinajstić information content (AvgIpc) is 2.89. The van der Waals surface area contributed by atoms with E-state index in [1.54, 1.807) is 34.6 Å². The summed E-state index contributed by atoms with van der Waals surface area (Å²) in [7, 11) is 1.76. The van der Waals surface area contributed by atoms with Gasteiger partial charge in [-0.3, -0.25) is 9.08 Å². The van der Waals surface area contributed by atoms with Gasteiger partial charge in [0.05, 0.1) is 5.69 Å². The van der Waals surface area contributed by atoms with E-state index in [0.29, 0.717) is 16.3 Å². The molecular weight excluding hydrogens is 240 g/mol. The number of carbonyl (C=O) groups is 1. The predicted octanol–water partition coefficient (Wildman–Crippen LogP) is 1.49. The maximum Gasteiger partial charge on any atom is 0.355 e. The molecule has 3 rings (SSSR count). The first-order valence-electron chi connectivity index (χ1n) is 4.85. The van der Waals surface area contributed by atoms with E-state index in [1.807, 2.05) is 5.38 Å². The lowest BCUT2D eigenvalue weighted by atomic mass is 10.2. The molecule has 3 aromatic rings. The largest absolute Gasteiger partial charge is 0.476 e. The van der Waals surface area contributed by atoms with Crippen molar-refractivity contribution >= 4 is 22.3 Å². The third kappa shape index (κ3) is 1.36. The van der Waals surface area contributed by atoms with Crippen molar-refractivity contribution in [3.63, 3.8) is 0 Å². The van der Waals surface area contributed by atoms with E-state index in [0.717, 1.165) is 0 Å². The van der Waals surface area contributed by atoms with Crippen LogP contribution in [0.5, 0.6) is 0 Å². The fourth-order valence-electron chi connectivity index (χ4n) is 1.77. The van der Waals surface area contributed by atoms with E-state index < -0.39 is 5.97 Å². The predicted molar refractivity (Wildman–Crippen MR) is 62.2 cm³/mol. The van der Waals surface area contributed by atoms with Crippen LogP contribution in [0.3, 0.4) is 0 Å². The molecule has 3 aromatic heterocycles. The minimum absolute atomic E-state index is 0.171. The zero-order valence-corrected chi connectivity index (χ0v) is 9.68. The molecule has 0 aromatic carbocycles. The van der Waals surface area contributed by atoms with Crippen LogP contribution in [0.4, 0.5) is 0 Å². The molecule has 0 amide bonds. The van der Waals surface area contributed by atoms with Gasteiger partial charge in [-0.05, 0) is 6.07 Å². The third-order valence-corrected chi connectivity index (χ3v) is 3.28.